The summed E-state index contributed by atoms with van der Waals surface area (Å²) in [4.78, 5) is 25.1. The van der Waals surface area contributed by atoms with Gasteiger partial charge in [-0.15, -0.1) is 0 Å². The number of fused-ring (bicyclic) bond motifs is 1. The first kappa shape index (κ1) is 17.6. The highest BCUT2D eigenvalue weighted by molar-refractivity contribution is 9.10. The Hall–Kier alpha value is -1.76. The lowest BCUT2D eigenvalue weighted by molar-refractivity contribution is -0.137. The van der Waals surface area contributed by atoms with Gasteiger partial charge in [0.2, 0.25) is 0 Å². The van der Waals surface area contributed by atoms with Crippen molar-refractivity contribution < 1.29 is 24.2 Å². The first-order valence-electron chi connectivity index (χ1n) is 7.48. The highest BCUT2D eigenvalue weighted by Crippen LogP contribution is 2.38. The van der Waals surface area contributed by atoms with Crippen LogP contribution in [0.2, 0.25) is 0 Å². The van der Waals surface area contributed by atoms with E-state index in [1.165, 1.54) is 0 Å². The van der Waals surface area contributed by atoms with Crippen LogP contribution in [0.5, 0.6) is 11.5 Å². The van der Waals surface area contributed by atoms with Crippen LogP contribution in [0.3, 0.4) is 0 Å². The minimum Gasteiger partial charge on any atom is -0.486 e. The summed E-state index contributed by atoms with van der Waals surface area (Å²) in [5.74, 6) is 0.228. The molecule has 0 radical (unpaired) electrons. The smallest absolute Gasteiger partial charge is 0.305 e. The van der Waals surface area contributed by atoms with Crippen LogP contribution >= 0.6 is 15.9 Å². The number of benzene rings is 1. The molecule has 7 heteroatoms. The standard InChI is InChI=1S/C16H20BrNO5/c1-10(2)9-18(4-3-14(19)20)16(21)11-7-12(17)15-13(8-11)22-5-6-23-15/h7-8,10H,3-6,9H2,1-2H3,(H,19,20). The van der Waals surface area contributed by atoms with Gasteiger partial charge >= 0.3 is 5.97 Å². The summed E-state index contributed by atoms with van der Waals surface area (Å²) < 4.78 is 11.7. The molecule has 0 aliphatic carbocycles. The molecule has 1 heterocycles. The predicted molar refractivity (Wildman–Crippen MR) is 88.1 cm³/mol. The lowest BCUT2D eigenvalue weighted by Crippen LogP contribution is -2.36. The zero-order chi connectivity index (χ0) is 17.0. The van der Waals surface area contributed by atoms with E-state index in [0.717, 1.165) is 0 Å². The second-order valence-electron chi connectivity index (χ2n) is 5.77. The highest BCUT2D eigenvalue weighted by atomic mass is 79.9. The topological polar surface area (TPSA) is 76.1 Å². The first-order valence-corrected chi connectivity index (χ1v) is 8.28. The van der Waals surface area contributed by atoms with Crippen molar-refractivity contribution in [2.75, 3.05) is 26.3 Å². The number of hydrogen-bond donors (Lipinski definition) is 1. The van der Waals surface area contributed by atoms with Gasteiger partial charge in [0.25, 0.3) is 5.91 Å². The summed E-state index contributed by atoms with van der Waals surface area (Å²) >= 11 is 3.39. The van der Waals surface area contributed by atoms with Crippen LogP contribution in [0.4, 0.5) is 0 Å². The van der Waals surface area contributed by atoms with Crippen LogP contribution < -0.4 is 9.47 Å². The fourth-order valence-corrected chi connectivity index (χ4v) is 2.92. The quantitative estimate of drug-likeness (QED) is 0.814. The molecule has 1 aliphatic heterocycles. The number of carboxylic acids is 1. The predicted octanol–water partition coefficient (Wildman–Crippen LogP) is 2.79. The van der Waals surface area contributed by atoms with Crippen molar-refractivity contribution in [1.29, 1.82) is 0 Å². The van der Waals surface area contributed by atoms with E-state index in [1.807, 2.05) is 13.8 Å². The van der Waals surface area contributed by atoms with Gasteiger partial charge in [0.1, 0.15) is 13.2 Å². The normalized spacial score (nSPS) is 13.0. The van der Waals surface area contributed by atoms with E-state index in [0.29, 0.717) is 41.3 Å². The molecule has 0 spiro atoms. The fraction of sp³-hybridized carbons (Fsp3) is 0.500. The molecule has 0 unspecified atom stereocenters. The molecule has 1 amide bonds. The Morgan fingerprint density at radius 2 is 2.00 bits per heavy atom. The SMILES string of the molecule is CC(C)CN(CCC(=O)O)C(=O)c1cc(Br)c2c(c1)OCCO2. The molecule has 0 atom stereocenters. The summed E-state index contributed by atoms with van der Waals surface area (Å²) in [6, 6.07) is 3.33. The number of nitrogens with zero attached hydrogens (tertiary/aromatic N) is 1. The van der Waals surface area contributed by atoms with Crippen LogP contribution in [-0.4, -0.2) is 48.2 Å². The molecular weight excluding hydrogens is 366 g/mol. The largest absolute Gasteiger partial charge is 0.486 e. The number of carboxylic acid groups (broad SMARTS) is 1. The van der Waals surface area contributed by atoms with E-state index in [9.17, 15) is 9.59 Å². The molecule has 1 aromatic rings. The Morgan fingerprint density at radius 1 is 1.30 bits per heavy atom. The van der Waals surface area contributed by atoms with Crippen LogP contribution in [-0.2, 0) is 4.79 Å². The van der Waals surface area contributed by atoms with E-state index < -0.39 is 5.97 Å². The van der Waals surface area contributed by atoms with Gasteiger partial charge in [-0.25, -0.2) is 0 Å². The maximum Gasteiger partial charge on any atom is 0.305 e. The van der Waals surface area contributed by atoms with E-state index in [-0.39, 0.29) is 24.8 Å². The Kier molecular flexibility index (Phi) is 5.87. The lowest BCUT2D eigenvalue weighted by atomic mass is 10.1. The lowest BCUT2D eigenvalue weighted by Gasteiger charge is -2.25. The molecule has 126 valence electrons. The summed E-state index contributed by atoms with van der Waals surface area (Å²) in [5.41, 5.74) is 0.451. The molecular formula is C16H20BrNO5. The molecule has 1 aromatic carbocycles. The van der Waals surface area contributed by atoms with Gasteiger partial charge in [0.15, 0.2) is 11.5 Å². The maximum absolute atomic E-state index is 12.7. The molecule has 23 heavy (non-hydrogen) atoms. The van der Waals surface area contributed by atoms with Crippen molar-refractivity contribution in [2.45, 2.75) is 20.3 Å². The van der Waals surface area contributed by atoms with Crippen molar-refractivity contribution in [1.82, 2.24) is 4.90 Å². The Morgan fingerprint density at radius 3 is 2.65 bits per heavy atom. The van der Waals surface area contributed by atoms with Crippen LogP contribution in [0.25, 0.3) is 0 Å². The average molecular weight is 386 g/mol. The monoisotopic (exact) mass is 385 g/mol. The van der Waals surface area contributed by atoms with E-state index in [2.05, 4.69) is 15.9 Å². The van der Waals surface area contributed by atoms with Crippen molar-refractivity contribution >= 4 is 27.8 Å². The van der Waals surface area contributed by atoms with Gasteiger partial charge < -0.3 is 19.5 Å². The zero-order valence-corrected chi connectivity index (χ0v) is 14.8. The Labute approximate surface area is 143 Å². The van der Waals surface area contributed by atoms with Gasteiger partial charge in [-0.3, -0.25) is 9.59 Å². The highest BCUT2D eigenvalue weighted by Gasteiger charge is 2.23. The Balaban J connectivity index is 2.24. The molecule has 6 nitrogen and oxygen atoms in total. The number of hydrogen-bond acceptors (Lipinski definition) is 4. The number of amides is 1. The van der Waals surface area contributed by atoms with E-state index >= 15 is 0 Å². The average Bonchev–Trinajstić information content (AvgIpc) is 2.50. The maximum atomic E-state index is 12.7. The van der Waals surface area contributed by atoms with Gasteiger partial charge in [-0.2, -0.15) is 0 Å². The Bertz CT molecular complexity index is 602. The second-order valence-corrected chi connectivity index (χ2v) is 6.63. The number of halogens is 1. The first-order chi connectivity index (χ1) is 10.9. The molecule has 1 N–H and O–H groups in total. The van der Waals surface area contributed by atoms with Crippen LogP contribution in [0.15, 0.2) is 16.6 Å². The van der Waals surface area contributed by atoms with Crippen molar-refractivity contribution in [3.63, 3.8) is 0 Å². The minimum atomic E-state index is -0.921. The van der Waals surface area contributed by atoms with Crippen molar-refractivity contribution in [3.8, 4) is 11.5 Å². The number of rotatable bonds is 6. The minimum absolute atomic E-state index is 0.0792. The third-order valence-electron chi connectivity index (χ3n) is 3.31. The summed E-state index contributed by atoms with van der Waals surface area (Å²) in [6.07, 6.45) is -0.0792. The molecule has 0 bridgehead atoms. The molecule has 0 aromatic heterocycles. The number of carbonyl (C=O) groups excluding carboxylic acids is 1. The van der Waals surface area contributed by atoms with Gasteiger partial charge in [-0.05, 0) is 34.0 Å². The zero-order valence-electron chi connectivity index (χ0n) is 13.2. The van der Waals surface area contributed by atoms with Crippen molar-refractivity contribution in [3.05, 3.63) is 22.2 Å². The summed E-state index contributed by atoms with van der Waals surface area (Å²) in [6.45, 7) is 5.56. The third kappa shape index (κ3) is 4.60. The number of carbonyl (C=O) groups is 2. The second kappa shape index (κ2) is 7.68. The molecule has 0 saturated heterocycles. The van der Waals surface area contributed by atoms with Crippen LogP contribution in [0.1, 0.15) is 30.6 Å². The molecule has 1 aliphatic rings. The summed E-state index contributed by atoms with van der Waals surface area (Å²) in [7, 11) is 0. The molecule has 0 saturated carbocycles. The van der Waals surface area contributed by atoms with Gasteiger partial charge in [0.05, 0.1) is 10.9 Å². The van der Waals surface area contributed by atoms with Gasteiger partial charge in [-0.1, -0.05) is 13.8 Å². The van der Waals surface area contributed by atoms with E-state index in [4.69, 9.17) is 14.6 Å². The van der Waals surface area contributed by atoms with Crippen LogP contribution in [0, 0.1) is 5.92 Å². The third-order valence-corrected chi connectivity index (χ3v) is 3.90. The fourth-order valence-electron chi connectivity index (χ4n) is 2.36. The molecule has 2 rings (SSSR count). The molecule has 0 fully saturated rings. The summed E-state index contributed by atoms with van der Waals surface area (Å²) in [5, 5.41) is 8.87. The number of ether oxygens (including phenoxy) is 2. The van der Waals surface area contributed by atoms with Gasteiger partial charge in [0, 0.05) is 18.7 Å². The van der Waals surface area contributed by atoms with E-state index in [1.54, 1.807) is 17.0 Å². The van der Waals surface area contributed by atoms with Crippen molar-refractivity contribution in [2.24, 2.45) is 5.92 Å². The number of aliphatic carboxylic acids is 1.